The average molecular weight is 228 g/mol. The number of aliphatic hydroxyl groups is 1. The maximum absolute atomic E-state index is 11.0. The molecular weight excluding hydrogens is 208 g/mol. The van der Waals surface area contributed by atoms with Gasteiger partial charge in [0.2, 0.25) is 0 Å². The van der Waals surface area contributed by atoms with E-state index in [1.807, 2.05) is 0 Å². The van der Waals surface area contributed by atoms with Crippen LogP contribution in [-0.4, -0.2) is 51.9 Å². The third kappa shape index (κ3) is 2.07. The van der Waals surface area contributed by atoms with E-state index in [1.54, 1.807) is 0 Å². The van der Waals surface area contributed by atoms with E-state index in [9.17, 15) is 9.90 Å². The minimum atomic E-state index is -1.11. The minimum absolute atomic E-state index is 0.110. The zero-order valence-electron chi connectivity index (χ0n) is 9.43. The normalized spacial score (nSPS) is 41.1. The first kappa shape index (κ1) is 11.8. The summed E-state index contributed by atoms with van der Waals surface area (Å²) in [6.45, 7) is 1.05. The smallest absolute Gasteiger partial charge is 0.325 e. The lowest BCUT2D eigenvalue weighted by Crippen LogP contribution is -2.53. The van der Waals surface area contributed by atoms with Gasteiger partial charge in [-0.25, -0.2) is 0 Å². The molecule has 3 unspecified atom stereocenters. The number of carbonyl (C=O) groups is 1. The monoisotopic (exact) mass is 228 g/mol. The van der Waals surface area contributed by atoms with Crippen molar-refractivity contribution in [1.29, 1.82) is 0 Å². The molecule has 92 valence electrons. The largest absolute Gasteiger partial charge is 0.480 e. The molecule has 0 aromatic heterocycles. The van der Waals surface area contributed by atoms with Crippen LogP contribution >= 0.6 is 0 Å². The topological polar surface area (TPSA) is 86.8 Å². The number of likely N-dealkylation sites (tertiary alicyclic amines) is 1. The van der Waals surface area contributed by atoms with Gasteiger partial charge in [0.1, 0.15) is 5.54 Å². The van der Waals surface area contributed by atoms with Gasteiger partial charge in [-0.15, -0.1) is 0 Å². The van der Waals surface area contributed by atoms with Crippen LogP contribution in [0.25, 0.3) is 0 Å². The van der Waals surface area contributed by atoms with Crippen molar-refractivity contribution in [2.75, 3.05) is 13.1 Å². The number of nitrogens with zero attached hydrogens (tertiary/aromatic N) is 1. The van der Waals surface area contributed by atoms with Crippen LogP contribution in [0, 0.1) is 0 Å². The fraction of sp³-hybridized carbons (Fsp3) is 0.909. The summed E-state index contributed by atoms with van der Waals surface area (Å²) in [4.78, 5) is 13.1. The second kappa shape index (κ2) is 4.31. The molecule has 0 aromatic rings. The number of aliphatic carboxylic acids is 1. The molecule has 0 aromatic carbocycles. The number of hydrogen-bond donors (Lipinski definition) is 3. The molecule has 2 fully saturated rings. The SMILES string of the molecule is NC1(C(=O)O)CCN(C2CCCCC2O)C1. The molecule has 1 heterocycles. The molecule has 0 amide bonds. The fourth-order valence-corrected chi connectivity index (χ4v) is 2.84. The summed E-state index contributed by atoms with van der Waals surface area (Å²) in [5.41, 5.74) is 4.71. The van der Waals surface area contributed by atoms with E-state index in [-0.39, 0.29) is 12.1 Å². The molecule has 0 spiro atoms. The number of aliphatic hydroxyl groups excluding tert-OH is 1. The number of nitrogens with two attached hydrogens (primary N) is 1. The van der Waals surface area contributed by atoms with E-state index in [4.69, 9.17) is 10.8 Å². The Kier molecular flexibility index (Phi) is 3.19. The fourth-order valence-electron chi connectivity index (χ4n) is 2.84. The van der Waals surface area contributed by atoms with Gasteiger partial charge < -0.3 is 15.9 Å². The van der Waals surface area contributed by atoms with Crippen molar-refractivity contribution in [2.24, 2.45) is 5.73 Å². The third-order valence-corrected chi connectivity index (χ3v) is 3.92. The average Bonchev–Trinajstić information content (AvgIpc) is 2.63. The Morgan fingerprint density at radius 2 is 2.06 bits per heavy atom. The van der Waals surface area contributed by atoms with Gasteiger partial charge in [0.15, 0.2) is 0 Å². The van der Waals surface area contributed by atoms with E-state index >= 15 is 0 Å². The summed E-state index contributed by atoms with van der Waals surface area (Å²) in [5, 5.41) is 18.9. The second-order valence-electron chi connectivity index (χ2n) is 5.10. The third-order valence-electron chi connectivity index (χ3n) is 3.92. The molecule has 4 N–H and O–H groups in total. The van der Waals surface area contributed by atoms with Crippen LogP contribution in [0.1, 0.15) is 32.1 Å². The highest BCUT2D eigenvalue weighted by Crippen LogP contribution is 2.29. The first-order valence-electron chi connectivity index (χ1n) is 5.97. The molecule has 1 saturated heterocycles. The number of rotatable bonds is 2. The summed E-state index contributed by atoms with van der Waals surface area (Å²) >= 11 is 0. The number of carboxylic acids is 1. The van der Waals surface area contributed by atoms with Crippen molar-refractivity contribution in [3.05, 3.63) is 0 Å². The van der Waals surface area contributed by atoms with Gasteiger partial charge in [-0.1, -0.05) is 12.8 Å². The van der Waals surface area contributed by atoms with Crippen LogP contribution in [0.3, 0.4) is 0 Å². The molecule has 2 rings (SSSR count). The van der Waals surface area contributed by atoms with Crippen LogP contribution < -0.4 is 5.73 Å². The standard InChI is InChI=1S/C11H20N2O3/c12-11(10(15)16)5-6-13(7-11)8-3-1-2-4-9(8)14/h8-9,14H,1-7,12H2,(H,15,16). The van der Waals surface area contributed by atoms with E-state index < -0.39 is 11.5 Å². The van der Waals surface area contributed by atoms with Crippen molar-refractivity contribution in [3.63, 3.8) is 0 Å². The summed E-state index contributed by atoms with van der Waals surface area (Å²) in [7, 11) is 0. The molecule has 0 bridgehead atoms. The van der Waals surface area contributed by atoms with E-state index in [0.717, 1.165) is 25.7 Å². The number of carboxylic acid groups (broad SMARTS) is 1. The predicted molar refractivity (Wildman–Crippen MR) is 59.0 cm³/mol. The zero-order chi connectivity index (χ0) is 11.8. The van der Waals surface area contributed by atoms with Crippen molar-refractivity contribution in [1.82, 2.24) is 4.90 Å². The van der Waals surface area contributed by atoms with Crippen molar-refractivity contribution < 1.29 is 15.0 Å². The first-order chi connectivity index (χ1) is 7.53. The van der Waals surface area contributed by atoms with Gasteiger partial charge in [0.25, 0.3) is 0 Å². The molecule has 1 aliphatic heterocycles. The Morgan fingerprint density at radius 3 is 2.62 bits per heavy atom. The lowest BCUT2D eigenvalue weighted by Gasteiger charge is -2.35. The van der Waals surface area contributed by atoms with Crippen LogP contribution in [0.4, 0.5) is 0 Å². The maximum Gasteiger partial charge on any atom is 0.325 e. The van der Waals surface area contributed by atoms with Crippen molar-refractivity contribution >= 4 is 5.97 Å². The van der Waals surface area contributed by atoms with Gasteiger partial charge >= 0.3 is 5.97 Å². The van der Waals surface area contributed by atoms with E-state index in [1.165, 1.54) is 0 Å². The van der Waals surface area contributed by atoms with Crippen molar-refractivity contribution in [3.8, 4) is 0 Å². The first-order valence-corrected chi connectivity index (χ1v) is 5.97. The highest BCUT2D eigenvalue weighted by atomic mass is 16.4. The maximum atomic E-state index is 11.0. The van der Waals surface area contributed by atoms with Crippen LogP contribution in [0.5, 0.6) is 0 Å². The summed E-state index contributed by atoms with van der Waals surface area (Å²) in [6, 6.07) is 0.110. The Morgan fingerprint density at radius 1 is 1.38 bits per heavy atom. The van der Waals surface area contributed by atoms with Gasteiger partial charge in [-0.3, -0.25) is 9.69 Å². The predicted octanol–water partition coefficient (Wildman–Crippen LogP) is -0.222. The van der Waals surface area contributed by atoms with E-state index in [2.05, 4.69) is 4.90 Å². The molecule has 1 saturated carbocycles. The Bertz CT molecular complexity index is 284. The van der Waals surface area contributed by atoms with Crippen molar-refractivity contribution in [2.45, 2.75) is 49.8 Å². The zero-order valence-corrected chi connectivity index (χ0v) is 9.43. The van der Waals surface area contributed by atoms with Gasteiger partial charge in [0.05, 0.1) is 6.10 Å². The lowest BCUT2D eigenvalue weighted by atomic mass is 9.91. The number of hydrogen-bond acceptors (Lipinski definition) is 4. The lowest BCUT2D eigenvalue weighted by molar-refractivity contribution is -0.143. The molecule has 5 heteroatoms. The van der Waals surface area contributed by atoms with Crippen LogP contribution in [-0.2, 0) is 4.79 Å². The summed E-state index contributed by atoms with van der Waals surface area (Å²) in [6.07, 6.45) is 4.12. The van der Waals surface area contributed by atoms with Gasteiger partial charge in [-0.05, 0) is 19.3 Å². The van der Waals surface area contributed by atoms with E-state index in [0.29, 0.717) is 19.5 Å². The second-order valence-corrected chi connectivity index (χ2v) is 5.10. The molecule has 1 aliphatic carbocycles. The van der Waals surface area contributed by atoms with Gasteiger partial charge in [0, 0.05) is 19.1 Å². The molecule has 3 atom stereocenters. The Balaban J connectivity index is 2.00. The molecule has 16 heavy (non-hydrogen) atoms. The highest BCUT2D eigenvalue weighted by molar-refractivity contribution is 5.79. The highest BCUT2D eigenvalue weighted by Gasteiger charge is 2.44. The molecule has 0 radical (unpaired) electrons. The van der Waals surface area contributed by atoms with Crippen LogP contribution in [0.2, 0.25) is 0 Å². The summed E-state index contributed by atoms with van der Waals surface area (Å²) in [5.74, 6) is -0.930. The Hall–Kier alpha value is -0.650. The quantitative estimate of drug-likeness (QED) is 0.608. The molecule has 2 aliphatic rings. The molecular formula is C11H20N2O3. The Labute approximate surface area is 95.2 Å². The van der Waals surface area contributed by atoms with Crippen LogP contribution in [0.15, 0.2) is 0 Å². The summed E-state index contributed by atoms with van der Waals surface area (Å²) < 4.78 is 0. The molecule has 5 nitrogen and oxygen atoms in total. The minimum Gasteiger partial charge on any atom is -0.480 e. The van der Waals surface area contributed by atoms with Gasteiger partial charge in [-0.2, -0.15) is 0 Å².